The molecule has 1 aromatic carbocycles. The molecule has 5 heteroatoms. The Morgan fingerprint density at radius 2 is 1.89 bits per heavy atom. The van der Waals surface area contributed by atoms with E-state index < -0.39 is 5.95 Å². The van der Waals surface area contributed by atoms with E-state index >= 15 is 0 Å². The number of pyridine rings is 1. The summed E-state index contributed by atoms with van der Waals surface area (Å²) in [6.45, 7) is 0. The van der Waals surface area contributed by atoms with Gasteiger partial charge >= 0.3 is 0 Å². The number of halogens is 1. The second-order valence-corrected chi connectivity index (χ2v) is 3.73. The minimum atomic E-state index is -0.569. The summed E-state index contributed by atoms with van der Waals surface area (Å²) in [5.74, 6) is -0.165. The van der Waals surface area contributed by atoms with Gasteiger partial charge in [0.1, 0.15) is 12.1 Å². The van der Waals surface area contributed by atoms with Crippen LogP contribution in [0, 0.1) is 5.95 Å². The highest BCUT2D eigenvalue weighted by Gasteiger charge is 2.03. The minimum Gasteiger partial charge on any atom is -0.338 e. The van der Waals surface area contributed by atoms with Crippen molar-refractivity contribution in [3.8, 4) is 0 Å². The number of nitrogens with one attached hydrogen (secondary N) is 1. The van der Waals surface area contributed by atoms with Crippen LogP contribution in [0.2, 0.25) is 0 Å². The van der Waals surface area contributed by atoms with Crippen LogP contribution in [0.1, 0.15) is 0 Å². The lowest BCUT2D eigenvalue weighted by Gasteiger charge is -2.07. The van der Waals surface area contributed by atoms with Gasteiger partial charge in [-0.25, -0.2) is 9.97 Å². The molecule has 1 N–H and O–H groups in total. The van der Waals surface area contributed by atoms with Crippen molar-refractivity contribution in [1.82, 2.24) is 15.0 Å². The summed E-state index contributed by atoms with van der Waals surface area (Å²) in [6.07, 6.45) is 2.89. The molecule has 2 aromatic heterocycles. The first-order chi connectivity index (χ1) is 8.83. The molecular weight excluding hydrogens is 231 g/mol. The highest BCUT2D eigenvalue weighted by molar-refractivity contribution is 5.91. The van der Waals surface area contributed by atoms with E-state index in [1.807, 2.05) is 30.3 Å². The van der Waals surface area contributed by atoms with E-state index in [0.29, 0.717) is 5.82 Å². The molecule has 0 bridgehead atoms. The maximum Gasteiger partial charge on any atom is 0.218 e. The lowest BCUT2D eigenvalue weighted by atomic mass is 10.2. The SMILES string of the molecule is Fc1cc(Nc2cccc3cccnc23)ncn1. The van der Waals surface area contributed by atoms with E-state index in [2.05, 4.69) is 20.3 Å². The lowest BCUT2D eigenvalue weighted by Crippen LogP contribution is -1.97. The number of rotatable bonds is 2. The summed E-state index contributed by atoms with van der Waals surface area (Å²) in [6, 6.07) is 10.8. The van der Waals surface area contributed by atoms with Gasteiger partial charge in [0.25, 0.3) is 0 Å². The van der Waals surface area contributed by atoms with Gasteiger partial charge in [-0.2, -0.15) is 4.39 Å². The number of fused-ring (bicyclic) bond motifs is 1. The van der Waals surface area contributed by atoms with Gasteiger partial charge < -0.3 is 5.32 Å². The maximum absolute atomic E-state index is 13.0. The summed E-state index contributed by atoms with van der Waals surface area (Å²) in [7, 11) is 0. The van der Waals surface area contributed by atoms with Crippen LogP contribution in [-0.4, -0.2) is 15.0 Å². The normalized spacial score (nSPS) is 10.5. The number of aromatic nitrogens is 3. The molecule has 0 radical (unpaired) electrons. The fraction of sp³-hybridized carbons (Fsp3) is 0. The predicted molar refractivity (Wildman–Crippen MR) is 67.0 cm³/mol. The van der Waals surface area contributed by atoms with E-state index in [9.17, 15) is 4.39 Å². The van der Waals surface area contributed by atoms with Crippen LogP contribution in [0.15, 0.2) is 48.9 Å². The van der Waals surface area contributed by atoms with E-state index in [1.165, 1.54) is 12.4 Å². The highest BCUT2D eigenvalue weighted by Crippen LogP contribution is 2.23. The largest absolute Gasteiger partial charge is 0.338 e. The molecule has 0 amide bonds. The molecule has 0 atom stereocenters. The summed E-state index contributed by atoms with van der Waals surface area (Å²) in [4.78, 5) is 11.7. The fourth-order valence-electron chi connectivity index (χ4n) is 1.74. The van der Waals surface area contributed by atoms with Crippen molar-refractivity contribution >= 4 is 22.4 Å². The molecule has 0 saturated carbocycles. The molecule has 0 aliphatic carbocycles. The van der Waals surface area contributed by atoms with Crippen molar-refractivity contribution < 1.29 is 4.39 Å². The molecule has 18 heavy (non-hydrogen) atoms. The molecule has 88 valence electrons. The van der Waals surface area contributed by atoms with Crippen LogP contribution in [0.5, 0.6) is 0 Å². The molecule has 0 spiro atoms. The average molecular weight is 240 g/mol. The van der Waals surface area contributed by atoms with Crippen LogP contribution < -0.4 is 5.32 Å². The molecule has 0 aliphatic rings. The molecular formula is C13H9FN4. The molecule has 4 nitrogen and oxygen atoms in total. The van der Waals surface area contributed by atoms with Gasteiger partial charge in [-0.05, 0) is 12.1 Å². The van der Waals surface area contributed by atoms with Crippen LogP contribution in [0.25, 0.3) is 10.9 Å². The van der Waals surface area contributed by atoms with Gasteiger partial charge in [-0.1, -0.05) is 18.2 Å². The number of para-hydroxylation sites is 1. The lowest BCUT2D eigenvalue weighted by molar-refractivity contribution is 0.580. The third kappa shape index (κ3) is 1.98. The summed E-state index contributed by atoms with van der Waals surface area (Å²) < 4.78 is 13.0. The van der Waals surface area contributed by atoms with Crippen LogP contribution in [0.3, 0.4) is 0 Å². The number of anilines is 2. The Labute approximate surface area is 103 Å². The fourth-order valence-corrected chi connectivity index (χ4v) is 1.74. The molecule has 0 unspecified atom stereocenters. The Hall–Kier alpha value is -2.56. The minimum absolute atomic E-state index is 0.403. The van der Waals surface area contributed by atoms with Gasteiger partial charge in [0.05, 0.1) is 11.2 Å². The zero-order valence-electron chi connectivity index (χ0n) is 9.34. The first-order valence-corrected chi connectivity index (χ1v) is 5.41. The smallest absolute Gasteiger partial charge is 0.218 e. The molecule has 2 heterocycles. The predicted octanol–water partition coefficient (Wildman–Crippen LogP) is 2.91. The molecule has 0 aliphatic heterocycles. The van der Waals surface area contributed by atoms with E-state index in [4.69, 9.17) is 0 Å². The number of benzene rings is 1. The highest BCUT2D eigenvalue weighted by atomic mass is 19.1. The van der Waals surface area contributed by atoms with Gasteiger partial charge in [0.2, 0.25) is 5.95 Å². The second kappa shape index (κ2) is 4.37. The Balaban J connectivity index is 2.05. The number of hydrogen-bond acceptors (Lipinski definition) is 4. The van der Waals surface area contributed by atoms with Gasteiger partial charge in [-0.15, -0.1) is 0 Å². The van der Waals surface area contributed by atoms with E-state index in [1.54, 1.807) is 6.20 Å². The van der Waals surface area contributed by atoms with Crippen molar-refractivity contribution in [3.63, 3.8) is 0 Å². The van der Waals surface area contributed by atoms with Crippen LogP contribution in [0.4, 0.5) is 15.9 Å². The number of hydrogen-bond donors (Lipinski definition) is 1. The molecule has 0 fully saturated rings. The summed E-state index contributed by atoms with van der Waals surface area (Å²) in [5, 5.41) is 4.05. The van der Waals surface area contributed by atoms with Crippen LogP contribution >= 0.6 is 0 Å². The number of nitrogens with zero attached hydrogens (tertiary/aromatic N) is 3. The van der Waals surface area contributed by atoms with Gasteiger partial charge in [-0.3, -0.25) is 4.98 Å². The standard InChI is InChI=1S/C13H9FN4/c14-11-7-12(17-8-16-11)18-10-5-1-3-9-4-2-6-15-13(9)10/h1-8H,(H,16,17,18). The first kappa shape index (κ1) is 10.6. The van der Waals surface area contributed by atoms with Crippen LogP contribution in [-0.2, 0) is 0 Å². The monoisotopic (exact) mass is 240 g/mol. The van der Waals surface area contributed by atoms with Crippen molar-refractivity contribution in [2.75, 3.05) is 5.32 Å². The quantitative estimate of drug-likeness (QED) is 0.700. The Kier molecular flexibility index (Phi) is 2.57. The Morgan fingerprint density at radius 3 is 2.78 bits per heavy atom. The van der Waals surface area contributed by atoms with Crippen molar-refractivity contribution in [2.45, 2.75) is 0 Å². The van der Waals surface area contributed by atoms with Crippen molar-refractivity contribution in [1.29, 1.82) is 0 Å². The molecule has 3 rings (SSSR count). The zero-order valence-corrected chi connectivity index (χ0v) is 9.34. The topological polar surface area (TPSA) is 50.7 Å². The van der Waals surface area contributed by atoms with Crippen molar-refractivity contribution in [2.24, 2.45) is 0 Å². The van der Waals surface area contributed by atoms with Gasteiger partial charge in [0, 0.05) is 17.6 Å². The third-order valence-electron chi connectivity index (χ3n) is 2.53. The van der Waals surface area contributed by atoms with E-state index in [0.717, 1.165) is 16.6 Å². The van der Waals surface area contributed by atoms with E-state index in [-0.39, 0.29) is 0 Å². The third-order valence-corrected chi connectivity index (χ3v) is 2.53. The maximum atomic E-state index is 13.0. The summed E-state index contributed by atoms with van der Waals surface area (Å²) in [5.41, 5.74) is 1.60. The zero-order chi connectivity index (χ0) is 12.4. The average Bonchev–Trinajstić information content (AvgIpc) is 2.39. The van der Waals surface area contributed by atoms with Crippen molar-refractivity contribution in [3.05, 3.63) is 54.9 Å². The Bertz CT molecular complexity index is 694. The van der Waals surface area contributed by atoms with Gasteiger partial charge in [0.15, 0.2) is 0 Å². The second-order valence-electron chi connectivity index (χ2n) is 3.73. The Morgan fingerprint density at radius 1 is 1.00 bits per heavy atom. The molecule has 3 aromatic rings. The first-order valence-electron chi connectivity index (χ1n) is 5.41. The molecule has 0 saturated heterocycles. The summed E-state index contributed by atoms with van der Waals surface area (Å²) >= 11 is 0.